The van der Waals surface area contributed by atoms with Gasteiger partial charge in [-0.25, -0.2) is 0 Å². The Hall–Kier alpha value is -1.78. The summed E-state index contributed by atoms with van der Waals surface area (Å²) in [7, 11) is 0. The van der Waals surface area contributed by atoms with Gasteiger partial charge < -0.3 is 5.32 Å². The van der Waals surface area contributed by atoms with E-state index in [-0.39, 0.29) is 11.6 Å². The average Bonchev–Trinajstić information content (AvgIpc) is 2.31. The third-order valence-corrected chi connectivity index (χ3v) is 3.27. The van der Waals surface area contributed by atoms with Crippen molar-refractivity contribution in [3.63, 3.8) is 0 Å². The topological polar surface area (TPSA) is 29.1 Å². The Balaban J connectivity index is 2.33. The minimum atomic E-state index is -4.54. The summed E-state index contributed by atoms with van der Waals surface area (Å²) >= 11 is 0. The van der Waals surface area contributed by atoms with Gasteiger partial charge in [0, 0.05) is 6.04 Å². The van der Waals surface area contributed by atoms with Gasteiger partial charge in [-0.15, -0.1) is 0 Å². The second kappa shape index (κ2) is 5.07. The summed E-state index contributed by atoms with van der Waals surface area (Å²) in [5.74, 6) is -0.666. The van der Waals surface area contributed by atoms with Crippen LogP contribution in [0.25, 0.3) is 6.08 Å². The molecule has 1 aromatic carbocycles. The highest BCUT2D eigenvalue weighted by Crippen LogP contribution is 2.33. The van der Waals surface area contributed by atoms with Gasteiger partial charge in [0.1, 0.15) is 0 Å². The Kier molecular flexibility index (Phi) is 3.64. The summed E-state index contributed by atoms with van der Waals surface area (Å²) in [6.45, 7) is 3.50. The van der Waals surface area contributed by atoms with Gasteiger partial charge in [-0.05, 0) is 37.0 Å². The zero-order valence-corrected chi connectivity index (χ0v) is 10.3. The van der Waals surface area contributed by atoms with Gasteiger partial charge in [0.25, 0.3) is 5.91 Å². The summed E-state index contributed by atoms with van der Waals surface area (Å²) in [6, 6.07) is 3.45. The normalized spacial score (nSPS) is 15.7. The summed E-state index contributed by atoms with van der Waals surface area (Å²) in [4.78, 5) is 11.9. The number of hydrogen-bond acceptors (Lipinski definition) is 1. The molecular formula is C14H14F3NO. The maximum absolute atomic E-state index is 12.9. The highest BCUT2D eigenvalue weighted by Gasteiger charge is 2.35. The molecule has 1 amide bonds. The molecule has 0 heterocycles. The Morgan fingerprint density at radius 1 is 1.37 bits per heavy atom. The lowest BCUT2D eigenvalue weighted by molar-refractivity contribution is -0.137. The van der Waals surface area contributed by atoms with E-state index in [1.54, 1.807) is 0 Å². The molecular weight excluding hydrogens is 255 g/mol. The Labute approximate surface area is 109 Å². The smallest absolute Gasteiger partial charge is 0.349 e. The Morgan fingerprint density at radius 3 is 2.53 bits per heavy atom. The molecule has 1 N–H and O–H groups in total. The molecule has 0 saturated heterocycles. The molecule has 1 fully saturated rings. The number of carbonyl (C=O) groups excluding carboxylic acids is 1. The van der Waals surface area contributed by atoms with Crippen LogP contribution in [0.4, 0.5) is 13.2 Å². The first-order valence-corrected chi connectivity index (χ1v) is 6.06. The van der Waals surface area contributed by atoms with E-state index in [0.717, 1.165) is 25.3 Å². The summed E-state index contributed by atoms with van der Waals surface area (Å²) in [5, 5.41) is 2.62. The quantitative estimate of drug-likeness (QED) is 0.892. The molecule has 0 radical (unpaired) electrons. The van der Waals surface area contributed by atoms with E-state index in [2.05, 4.69) is 11.9 Å². The van der Waals surface area contributed by atoms with Gasteiger partial charge in [-0.3, -0.25) is 4.79 Å². The van der Waals surface area contributed by atoms with Crippen molar-refractivity contribution in [1.82, 2.24) is 5.32 Å². The van der Waals surface area contributed by atoms with Crippen LogP contribution in [0.15, 0.2) is 24.8 Å². The van der Waals surface area contributed by atoms with E-state index in [1.807, 2.05) is 0 Å². The molecule has 1 aliphatic carbocycles. The van der Waals surface area contributed by atoms with Crippen molar-refractivity contribution in [3.05, 3.63) is 41.5 Å². The molecule has 2 nitrogen and oxygen atoms in total. The predicted octanol–water partition coefficient (Wildman–Crippen LogP) is 3.63. The fourth-order valence-electron chi connectivity index (χ4n) is 1.94. The number of halogens is 3. The van der Waals surface area contributed by atoms with Crippen LogP contribution in [0.5, 0.6) is 0 Å². The SMILES string of the molecule is C=Cc1ccc(C(F)(F)F)c(C(=O)NC2CCC2)c1. The van der Waals surface area contributed by atoms with Gasteiger partial charge in [-0.2, -0.15) is 13.2 Å². The molecule has 0 atom stereocenters. The van der Waals surface area contributed by atoms with Gasteiger partial charge in [0.05, 0.1) is 11.1 Å². The lowest BCUT2D eigenvalue weighted by Gasteiger charge is -2.27. The largest absolute Gasteiger partial charge is 0.417 e. The van der Waals surface area contributed by atoms with E-state index >= 15 is 0 Å². The maximum Gasteiger partial charge on any atom is 0.417 e. The second-order valence-electron chi connectivity index (χ2n) is 4.61. The second-order valence-corrected chi connectivity index (χ2v) is 4.61. The first-order chi connectivity index (χ1) is 8.91. The lowest BCUT2D eigenvalue weighted by atomic mass is 9.92. The lowest BCUT2D eigenvalue weighted by Crippen LogP contribution is -2.40. The summed E-state index contributed by atoms with van der Waals surface area (Å²) in [6.07, 6.45) is -0.460. The van der Waals surface area contributed by atoms with E-state index < -0.39 is 17.6 Å². The minimum absolute atomic E-state index is 0.000899. The van der Waals surface area contributed by atoms with Crippen LogP contribution in [0.3, 0.4) is 0 Å². The Bertz CT molecular complexity index is 504. The Morgan fingerprint density at radius 2 is 2.05 bits per heavy atom. The van der Waals surface area contributed by atoms with Crippen LogP contribution in [0.1, 0.15) is 40.7 Å². The molecule has 5 heteroatoms. The van der Waals surface area contributed by atoms with Crippen LogP contribution in [0, 0.1) is 0 Å². The highest BCUT2D eigenvalue weighted by atomic mass is 19.4. The number of rotatable bonds is 3. The van der Waals surface area contributed by atoms with Crippen LogP contribution in [-0.2, 0) is 6.18 Å². The third kappa shape index (κ3) is 2.97. The van der Waals surface area contributed by atoms with Crippen molar-refractivity contribution in [1.29, 1.82) is 0 Å². The van der Waals surface area contributed by atoms with Gasteiger partial charge >= 0.3 is 6.18 Å². The maximum atomic E-state index is 12.9. The first kappa shape index (κ1) is 13.6. The number of nitrogens with one attached hydrogen (secondary N) is 1. The molecule has 0 bridgehead atoms. The van der Waals surface area contributed by atoms with Crippen molar-refractivity contribution >= 4 is 12.0 Å². The van der Waals surface area contributed by atoms with E-state index in [0.29, 0.717) is 5.56 Å². The molecule has 2 rings (SSSR count). The van der Waals surface area contributed by atoms with Crippen molar-refractivity contribution in [2.24, 2.45) is 0 Å². The number of carbonyl (C=O) groups is 1. The monoisotopic (exact) mass is 269 g/mol. The van der Waals surface area contributed by atoms with Crippen molar-refractivity contribution in [3.8, 4) is 0 Å². The summed E-state index contributed by atoms with van der Waals surface area (Å²) < 4.78 is 38.6. The van der Waals surface area contributed by atoms with Crippen molar-refractivity contribution in [2.45, 2.75) is 31.5 Å². The van der Waals surface area contributed by atoms with E-state index in [1.165, 1.54) is 18.2 Å². The molecule has 0 spiro atoms. The van der Waals surface area contributed by atoms with Gasteiger partial charge in [0.15, 0.2) is 0 Å². The van der Waals surface area contributed by atoms with Gasteiger partial charge in [0.2, 0.25) is 0 Å². The fourth-order valence-corrected chi connectivity index (χ4v) is 1.94. The van der Waals surface area contributed by atoms with E-state index in [9.17, 15) is 18.0 Å². The third-order valence-electron chi connectivity index (χ3n) is 3.27. The van der Waals surface area contributed by atoms with Gasteiger partial charge in [-0.1, -0.05) is 18.7 Å². The standard InChI is InChI=1S/C14H14F3NO/c1-2-9-6-7-12(14(15,16)17)11(8-9)13(19)18-10-4-3-5-10/h2,6-8,10H,1,3-5H2,(H,18,19). The van der Waals surface area contributed by atoms with Crippen molar-refractivity contribution < 1.29 is 18.0 Å². The van der Waals surface area contributed by atoms with E-state index in [4.69, 9.17) is 0 Å². The molecule has 0 aromatic heterocycles. The number of alkyl halides is 3. The minimum Gasteiger partial charge on any atom is -0.349 e. The zero-order chi connectivity index (χ0) is 14.0. The first-order valence-electron chi connectivity index (χ1n) is 6.06. The van der Waals surface area contributed by atoms with Crippen LogP contribution in [-0.4, -0.2) is 11.9 Å². The molecule has 102 valence electrons. The van der Waals surface area contributed by atoms with Crippen LogP contribution in [0.2, 0.25) is 0 Å². The molecule has 1 aromatic rings. The number of amides is 1. The summed E-state index contributed by atoms with van der Waals surface area (Å²) in [5.41, 5.74) is -0.751. The van der Waals surface area contributed by atoms with Crippen LogP contribution < -0.4 is 5.32 Å². The van der Waals surface area contributed by atoms with Crippen molar-refractivity contribution in [2.75, 3.05) is 0 Å². The number of hydrogen-bond donors (Lipinski definition) is 1. The molecule has 1 aliphatic rings. The molecule has 0 unspecified atom stereocenters. The average molecular weight is 269 g/mol. The molecule has 19 heavy (non-hydrogen) atoms. The molecule has 1 saturated carbocycles. The highest BCUT2D eigenvalue weighted by molar-refractivity contribution is 5.96. The van der Waals surface area contributed by atoms with Crippen LogP contribution >= 0.6 is 0 Å². The number of benzene rings is 1. The zero-order valence-electron chi connectivity index (χ0n) is 10.3. The fraction of sp³-hybridized carbons (Fsp3) is 0.357. The predicted molar refractivity (Wildman–Crippen MR) is 66.6 cm³/mol. The molecule has 0 aliphatic heterocycles.